The summed E-state index contributed by atoms with van der Waals surface area (Å²) in [7, 11) is 0. The number of halogens is 1. The van der Waals surface area contributed by atoms with Crippen LogP contribution in [0.1, 0.15) is 15.9 Å². The molecule has 1 fully saturated rings. The van der Waals surface area contributed by atoms with Crippen LogP contribution in [0.5, 0.6) is 0 Å². The zero-order valence-electron chi connectivity index (χ0n) is 9.44. The SMILES string of the molecule is IC(CCN1CCOCC1)c1ccccc1. The van der Waals surface area contributed by atoms with Crippen molar-refractivity contribution < 1.29 is 4.74 Å². The minimum absolute atomic E-state index is 0.627. The minimum atomic E-state index is 0.627. The van der Waals surface area contributed by atoms with E-state index in [9.17, 15) is 0 Å². The molecule has 1 aromatic carbocycles. The maximum absolute atomic E-state index is 5.35. The quantitative estimate of drug-likeness (QED) is 0.621. The molecule has 0 N–H and O–H groups in total. The summed E-state index contributed by atoms with van der Waals surface area (Å²) in [4.78, 5) is 2.50. The lowest BCUT2D eigenvalue weighted by atomic mass is 10.1. The van der Waals surface area contributed by atoms with E-state index in [1.54, 1.807) is 0 Å². The van der Waals surface area contributed by atoms with E-state index in [1.807, 2.05) is 0 Å². The summed E-state index contributed by atoms with van der Waals surface area (Å²) in [6, 6.07) is 10.8. The number of alkyl halides is 1. The van der Waals surface area contributed by atoms with E-state index in [4.69, 9.17) is 4.74 Å². The molecule has 16 heavy (non-hydrogen) atoms. The summed E-state index contributed by atoms with van der Waals surface area (Å²) in [5.41, 5.74) is 1.44. The molecule has 1 unspecified atom stereocenters. The summed E-state index contributed by atoms with van der Waals surface area (Å²) >= 11 is 2.55. The van der Waals surface area contributed by atoms with Gasteiger partial charge in [-0.05, 0) is 18.5 Å². The number of rotatable bonds is 4. The number of benzene rings is 1. The number of hydrogen-bond acceptors (Lipinski definition) is 2. The third-order valence-electron chi connectivity index (χ3n) is 2.96. The molecule has 0 aliphatic carbocycles. The van der Waals surface area contributed by atoms with Crippen molar-refractivity contribution in [2.24, 2.45) is 0 Å². The third kappa shape index (κ3) is 3.71. The van der Waals surface area contributed by atoms with E-state index in [2.05, 4.69) is 57.8 Å². The van der Waals surface area contributed by atoms with Crippen molar-refractivity contribution in [2.75, 3.05) is 32.8 Å². The topological polar surface area (TPSA) is 12.5 Å². The van der Waals surface area contributed by atoms with Gasteiger partial charge in [0.2, 0.25) is 0 Å². The Hall–Kier alpha value is -0.130. The maximum atomic E-state index is 5.35. The molecule has 0 spiro atoms. The summed E-state index contributed by atoms with van der Waals surface area (Å²) in [5, 5.41) is 0. The van der Waals surface area contributed by atoms with E-state index in [0.717, 1.165) is 26.3 Å². The molecule has 2 nitrogen and oxygen atoms in total. The van der Waals surface area contributed by atoms with Gasteiger partial charge in [0, 0.05) is 17.0 Å². The van der Waals surface area contributed by atoms with Gasteiger partial charge in [-0.1, -0.05) is 52.9 Å². The van der Waals surface area contributed by atoms with Crippen LogP contribution in [0.2, 0.25) is 0 Å². The van der Waals surface area contributed by atoms with Gasteiger partial charge in [-0.25, -0.2) is 0 Å². The molecule has 1 saturated heterocycles. The van der Waals surface area contributed by atoms with E-state index in [0.29, 0.717) is 3.92 Å². The van der Waals surface area contributed by atoms with Crippen LogP contribution >= 0.6 is 22.6 Å². The highest BCUT2D eigenvalue weighted by atomic mass is 127. The zero-order valence-corrected chi connectivity index (χ0v) is 11.6. The van der Waals surface area contributed by atoms with Crippen LogP contribution in [0, 0.1) is 0 Å². The van der Waals surface area contributed by atoms with E-state index >= 15 is 0 Å². The third-order valence-corrected chi connectivity index (χ3v) is 4.31. The molecular weight excluding hydrogens is 313 g/mol. The van der Waals surface area contributed by atoms with Crippen LogP contribution < -0.4 is 0 Å². The lowest BCUT2D eigenvalue weighted by Crippen LogP contribution is -2.37. The molecule has 0 saturated carbocycles. The summed E-state index contributed by atoms with van der Waals surface area (Å²) in [6.07, 6.45) is 1.23. The standard InChI is InChI=1S/C13H18INO/c14-13(12-4-2-1-3-5-12)6-7-15-8-10-16-11-9-15/h1-5,13H,6-11H2. The average molecular weight is 331 g/mol. The lowest BCUT2D eigenvalue weighted by Gasteiger charge is -2.27. The Morgan fingerprint density at radius 1 is 1.19 bits per heavy atom. The van der Waals surface area contributed by atoms with Crippen molar-refractivity contribution in [3.05, 3.63) is 35.9 Å². The first kappa shape index (κ1) is 12.3. The van der Waals surface area contributed by atoms with Crippen LogP contribution in [0.15, 0.2) is 30.3 Å². The lowest BCUT2D eigenvalue weighted by molar-refractivity contribution is 0.0375. The fourth-order valence-corrected chi connectivity index (χ4v) is 2.64. The molecule has 0 amide bonds. The predicted octanol–water partition coefficient (Wildman–Crippen LogP) is 2.89. The molecule has 0 radical (unpaired) electrons. The second kappa shape index (κ2) is 6.57. The number of ether oxygens (including phenoxy) is 1. The van der Waals surface area contributed by atoms with Crippen LogP contribution in [0.3, 0.4) is 0 Å². The Bertz CT molecular complexity index is 298. The Balaban J connectivity index is 1.77. The van der Waals surface area contributed by atoms with Gasteiger partial charge in [-0.3, -0.25) is 4.90 Å². The fourth-order valence-electron chi connectivity index (χ4n) is 1.95. The molecule has 2 rings (SSSR count). The first-order chi connectivity index (χ1) is 7.86. The van der Waals surface area contributed by atoms with Gasteiger partial charge in [-0.2, -0.15) is 0 Å². The number of nitrogens with zero attached hydrogens (tertiary/aromatic N) is 1. The zero-order chi connectivity index (χ0) is 11.2. The van der Waals surface area contributed by atoms with Gasteiger partial charge in [0.25, 0.3) is 0 Å². The van der Waals surface area contributed by atoms with Gasteiger partial charge in [0.05, 0.1) is 13.2 Å². The van der Waals surface area contributed by atoms with Gasteiger partial charge < -0.3 is 4.74 Å². The summed E-state index contributed by atoms with van der Waals surface area (Å²) < 4.78 is 5.97. The highest BCUT2D eigenvalue weighted by molar-refractivity contribution is 14.1. The Morgan fingerprint density at radius 2 is 1.88 bits per heavy atom. The first-order valence-electron chi connectivity index (χ1n) is 5.85. The Morgan fingerprint density at radius 3 is 2.56 bits per heavy atom. The fraction of sp³-hybridized carbons (Fsp3) is 0.538. The van der Waals surface area contributed by atoms with Crippen LogP contribution in [0.4, 0.5) is 0 Å². The van der Waals surface area contributed by atoms with E-state index in [1.165, 1.54) is 18.5 Å². The molecular formula is C13H18INO. The molecule has 0 aromatic heterocycles. The van der Waals surface area contributed by atoms with Gasteiger partial charge in [0.1, 0.15) is 0 Å². The minimum Gasteiger partial charge on any atom is -0.379 e. The van der Waals surface area contributed by atoms with Crippen molar-refractivity contribution in [1.29, 1.82) is 0 Å². The molecule has 3 heteroatoms. The van der Waals surface area contributed by atoms with Crippen molar-refractivity contribution in [3.63, 3.8) is 0 Å². The normalized spacial score (nSPS) is 19.6. The second-order valence-electron chi connectivity index (χ2n) is 4.12. The van der Waals surface area contributed by atoms with Gasteiger partial charge in [-0.15, -0.1) is 0 Å². The summed E-state index contributed by atoms with van der Waals surface area (Å²) in [5.74, 6) is 0. The molecule has 1 aromatic rings. The van der Waals surface area contributed by atoms with Crippen molar-refractivity contribution in [3.8, 4) is 0 Å². The van der Waals surface area contributed by atoms with Crippen molar-refractivity contribution in [1.82, 2.24) is 4.90 Å². The number of morpholine rings is 1. The largest absolute Gasteiger partial charge is 0.379 e. The molecule has 1 atom stereocenters. The monoisotopic (exact) mass is 331 g/mol. The Labute approximate surface area is 111 Å². The summed E-state index contributed by atoms with van der Waals surface area (Å²) in [6.45, 7) is 5.18. The smallest absolute Gasteiger partial charge is 0.0594 e. The Kier molecular flexibility index (Phi) is 5.06. The van der Waals surface area contributed by atoms with Crippen molar-refractivity contribution in [2.45, 2.75) is 10.3 Å². The molecule has 88 valence electrons. The average Bonchev–Trinajstić information content (AvgIpc) is 2.38. The van der Waals surface area contributed by atoms with Crippen LogP contribution in [-0.2, 0) is 4.74 Å². The van der Waals surface area contributed by atoms with E-state index in [-0.39, 0.29) is 0 Å². The highest BCUT2D eigenvalue weighted by Crippen LogP contribution is 2.26. The van der Waals surface area contributed by atoms with Crippen LogP contribution in [0.25, 0.3) is 0 Å². The van der Waals surface area contributed by atoms with Gasteiger partial charge in [0.15, 0.2) is 0 Å². The molecule has 1 heterocycles. The molecule has 0 bridgehead atoms. The predicted molar refractivity (Wildman–Crippen MR) is 75.1 cm³/mol. The van der Waals surface area contributed by atoms with Crippen molar-refractivity contribution >= 4 is 22.6 Å². The molecule has 1 aliphatic heterocycles. The van der Waals surface area contributed by atoms with E-state index < -0.39 is 0 Å². The molecule has 1 aliphatic rings. The number of hydrogen-bond donors (Lipinski definition) is 0. The van der Waals surface area contributed by atoms with Crippen LogP contribution in [-0.4, -0.2) is 37.7 Å². The highest BCUT2D eigenvalue weighted by Gasteiger charge is 2.13. The maximum Gasteiger partial charge on any atom is 0.0594 e. The van der Waals surface area contributed by atoms with Gasteiger partial charge >= 0.3 is 0 Å². The second-order valence-corrected chi connectivity index (χ2v) is 5.62. The first-order valence-corrected chi connectivity index (χ1v) is 7.10.